The van der Waals surface area contributed by atoms with E-state index in [1.807, 2.05) is 20.8 Å². The van der Waals surface area contributed by atoms with E-state index in [1.165, 1.54) is 0 Å². The van der Waals surface area contributed by atoms with Crippen molar-refractivity contribution < 1.29 is 9.59 Å². The molecule has 1 heterocycles. The highest BCUT2D eigenvalue weighted by Crippen LogP contribution is 2.19. The molecule has 104 valence electrons. The van der Waals surface area contributed by atoms with Crippen LogP contribution < -0.4 is 16.0 Å². The number of carbonyl (C=O) groups excluding carboxylic acids is 2. The maximum atomic E-state index is 12.2. The predicted molar refractivity (Wildman–Crippen MR) is 71.1 cm³/mol. The van der Waals surface area contributed by atoms with Crippen LogP contribution in [0.4, 0.5) is 0 Å². The van der Waals surface area contributed by atoms with Gasteiger partial charge in [0.2, 0.25) is 11.8 Å². The molecule has 0 bridgehead atoms. The highest BCUT2D eigenvalue weighted by molar-refractivity contribution is 5.91. The van der Waals surface area contributed by atoms with Gasteiger partial charge in [0, 0.05) is 7.05 Å². The van der Waals surface area contributed by atoms with Gasteiger partial charge < -0.3 is 16.0 Å². The zero-order chi connectivity index (χ0) is 13.8. The number of rotatable bonds is 5. The number of nitrogens with one attached hydrogen (secondary N) is 3. The van der Waals surface area contributed by atoms with Gasteiger partial charge in [0.05, 0.1) is 5.54 Å². The van der Waals surface area contributed by atoms with Gasteiger partial charge in [-0.3, -0.25) is 9.59 Å². The molecule has 0 aromatic rings. The summed E-state index contributed by atoms with van der Waals surface area (Å²) in [6, 6.07) is -0.443. The van der Waals surface area contributed by atoms with Crippen LogP contribution in [0.5, 0.6) is 0 Å². The van der Waals surface area contributed by atoms with E-state index in [-0.39, 0.29) is 11.8 Å². The minimum Gasteiger partial charge on any atom is -0.357 e. The number of likely N-dealkylation sites (N-methyl/N-ethyl adjacent to an activating group) is 1. The minimum absolute atomic E-state index is 0.0748. The standard InChI is InChI=1S/C13H25N3O2/c1-9(2)8-10(11(17)14-4)16-12(18)13(3)6-5-7-15-13/h9-10,15H,5-8H2,1-4H3,(H,14,17)(H,16,18). The number of amides is 2. The van der Waals surface area contributed by atoms with Crippen molar-refractivity contribution in [2.45, 2.75) is 51.6 Å². The summed E-state index contributed by atoms with van der Waals surface area (Å²) in [6.45, 7) is 6.83. The zero-order valence-corrected chi connectivity index (χ0v) is 11.8. The van der Waals surface area contributed by atoms with E-state index < -0.39 is 11.6 Å². The van der Waals surface area contributed by atoms with E-state index in [0.29, 0.717) is 12.3 Å². The second kappa shape index (κ2) is 6.18. The lowest BCUT2D eigenvalue weighted by Gasteiger charge is -2.27. The quantitative estimate of drug-likeness (QED) is 0.666. The largest absolute Gasteiger partial charge is 0.357 e. The number of hydrogen-bond donors (Lipinski definition) is 3. The summed E-state index contributed by atoms with van der Waals surface area (Å²) in [5.74, 6) is 0.157. The maximum Gasteiger partial charge on any atom is 0.242 e. The Balaban J connectivity index is 2.64. The molecular weight excluding hydrogens is 230 g/mol. The van der Waals surface area contributed by atoms with Crippen molar-refractivity contribution >= 4 is 11.8 Å². The Morgan fingerprint density at radius 2 is 2.06 bits per heavy atom. The average Bonchev–Trinajstić information content (AvgIpc) is 2.75. The molecule has 0 aromatic heterocycles. The number of hydrogen-bond acceptors (Lipinski definition) is 3. The fourth-order valence-electron chi connectivity index (χ4n) is 2.28. The van der Waals surface area contributed by atoms with Crippen LogP contribution in [0, 0.1) is 5.92 Å². The Morgan fingerprint density at radius 1 is 1.39 bits per heavy atom. The molecule has 5 nitrogen and oxygen atoms in total. The highest BCUT2D eigenvalue weighted by Gasteiger charge is 2.37. The third-order valence-corrected chi connectivity index (χ3v) is 3.45. The summed E-state index contributed by atoms with van der Waals surface area (Å²) in [6.07, 6.45) is 2.47. The van der Waals surface area contributed by atoms with E-state index in [4.69, 9.17) is 0 Å². The molecular formula is C13H25N3O2. The third kappa shape index (κ3) is 3.70. The molecule has 0 spiro atoms. The summed E-state index contributed by atoms with van der Waals surface area (Å²) >= 11 is 0. The van der Waals surface area contributed by atoms with Gasteiger partial charge in [-0.1, -0.05) is 13.8 Å². The van der Waals surface area contributed by atoms with E-state index >= 15 is 0 Å². The Kier molecular flexibility index (Phi) is 5.14. The summed E-state index contributed by atoms with van der Waals surface area (Å²) in [7, 11) is 1.59. The van der Waals surface area contributed by atoms with Crippen LogP contribution in [0.25, 0.3) is 0 Å². The van der Waals surface area contributed by atoms with Crippen LogP contribution in [0.2, 0.25) is 0 Å². The maximum absolute atomic E-state index is 12.2. The first kappa shape index (κ1) is 15.0. The molecule has 0 aromatic carbocycles. The van der Waals surface area contributed by atoms with Crippen LogP contribution in [0.15, 0.2) is 0 Å². The van der Waals surface area contributed by atoms with Crippen molar-refractivity contribution in [2.24, 2.45) is 5.92 Å². The SMILES string of the molecule is CNC(=O)C(CC(C)C)NC(=O)C1(C)CCCN1. The lowest BCUT2D eigenvalue weighted by molar-refractivity contribution is -0.132. The third-order valence-electron chi connectivity index (χ3n) is 3.45. The smallest absolute Gasteiger partial charge is 0.242 e. The van der Waals surface area contributed by atoms with Gasteiger partial charge in [-0.25, -0.2) is 0 Å². The molecule has 1 aliphatic rings. The number of carbonyl (C=O) groups is 2. The van der Waals surface area contributed by atoms with Gasteiger partial charge >= 0.3 is 0 Å². The van der Waals surface area contributed by atoms with Crippen molar-refractivity contribution in [3.8, 4) is 0 Å². The van der Waals surface area contributed by atoms with Crippen molar-refractivity contribution in [3.63, 3.8) is 0 Å². The first-order chi connectivity index (χ1) is 8.39. The first-order valence-corrected chi connectivity index (χ1v) is 6.66. The molecule has 2 unspecified atom stereocenters. The van der Waals surface area contributed by atoms with Crippen LogP contribution in [-0.4, -0.2) is 37.0 Å². The monoisotopic (exact) mass is 255 g/mol. The van der Waals surface area contributed by atoms with Gasteiger partial charge in [0.15, 0.2) is 0 Å². The predicted octanol–water partition coefficient (Wildman–Crippen LogP) is 0.405. The molecule has 1 aliphatic heterocycles. The lowest BCUT2D eigenvalue weighted by atomic mass is 9.97. The topological polar surface area (TPSA) is 70.2 Å². The molecule has 2 atom stereocenters. The summed E-state index contributed by atoms with van der Waals surface area (Å²) in [5.41, 5.74) is -0.525. The first-order valence-electron chi connectivity index (χ1n) is 6.66. The fourth-order valence-corrected chi connectivity index (χ4v) is 2.28. The molecule has 5 heteroatoms. The second-order valence-electron chi connectivity index (χ2n) is 5.63. The molecule has 0 aliphatic carbocycles. The van der Waals surface area contributed by atoms with Gasteiger partial charge in [-0.05, 0) is 38.6 Å². The Bertz CT molecular complexity index is 309. The molecule has 2 amide bonds. The van der Waals surface area contributed by atoms with E-state index in [2.05, 4.69) is 16.0 Å². The van der Waals surface area contributed by atoms with Gasteiger partial charge in [-0.2, -0.15) is 0 Å². The summed E-state index contributed by atoms with van der Waals surface area (Å²) in [4.78, 5) is 24.0. The zero-order valence-electron chi connectivity index (χ0n) is 11.8. The van der Waals surface area contributed by atoms with Crippen molar-refractivity contribution in [2.75, 3.05) is 13.6 Å². The van der Waals surface area contributed by atoms with Crippen LogP contribution in [0.1, 0.15) is 40.0 Å². The molecule has 3 N–H and O–H groups in total. The fraction of sp³-hybridized carbons (Fsp3) is 0.846. The Hall–Kier alpha value is -1.10. The minimum atomic E-state index is -0.525. The Labute approximate surface area is 109 Å². The molecule has 1 fully saturated rings. The molecule has 0 radical (unpaired) electrons. The van der Waals surface area contributed by atoms with E-state index in [0.717, 1.165) is 19.4 Å². The molecule has 0 saturated carbocycles. The van der Waals surface area contributed by atoms with Crippen LogP contribution >= 0.6 is 0 Å². The average molecular weight is 255 g/mol. The summed E-state index contributed by atoms with van der Waals surface area (Å²) < 4.78 is 0. The second-order valence-corrected chi connectivity index (χ2v) is 5.63. The van der Waals surface area contributed by atoms with Crippen LogP contribution in [0.3, 0.4) is 0 Å². The highest BCUT2D eigenvalue weighted by atomic mass is 16.2. The van der Waals surface area contributed by atoms with Crippen LogP contribution in [-0.2, 0) is 9.59 Å². The van der Waals surface area contributed by atoms with Crippen molar-refractivity contribution in [1.29, 1.82) is 0 Å². The van der Waals surface area contributed by atoms with Crippen molar-refractivity contribution in [1.82, 2.24) is 16.0 Å². The van der Waals surface area contributed by atoms with E-state index in [9.17, 15) is 9.59 Å². The summed E-state index contributed by atoms with van der Waals surface area (Å²) in [5, 5.41) is 8.68. The van der Waals surface area contributed by atoms with Gasteiger partial charge in [0.1, 0.15) is 6.04 Å². The molecule has 1 rings (SSSR count). The molecule has 1 saturated heterocycles. The Morgan fingerprint density at radius 3 is 2.50 bits per heavy atom. The van der Waals surface area contributed by atoms with Gasteiger partial charge in [0.25, 0.3) is 0 Å². The van der Waals surface area contributed by atoms with Gasteiger partial charge in [-0.15, -0.1) is 0 Å². The molecule has 18 heavy (non-hydrogen) atoms. The normalized spacial score (nSPS) is 24.9. The van der Waals surface area contributed by atoms with Crippen molar-refractivity contribution in [3.05, 3.63) is 0 Å². The lowest BCUT2D eigenvalue weighted by Crippen LogP contribution is -2.56. The van der Waals surface area contributed by atoms with E-state index in [1.54, 1.807) is 7.05 Å².